The lowest BCUT2D eigenvalue weighted by molar-refractivity contribution is -0.221. The molecular formula is C33H33NO13. The number of amides is 1. The molecule has 0 aromatic heterocycles. The first-order chi connectivity index (χ1) is 22.4. The SMILES string of the molecule is COc1cc(C(CCc2ccccc2)C(C)N(CC(=O)O)C(=O)C2OC(C(=O)O)(C(=O)O)OC2C(=O)O)ccc1Oc1ccccc1. The van der Waals surface area contributed by atoms with Gasteiger partial charge in [0.15, 0.2) is 23.7 Å². The number of carbonyl (C=O) groups is 5. The van der Waals surface area contributed by atoms with Gasteiger partial charge in [0.25, 0.3) is 5.91 Å². The van der Waals surface area contributed by atoms with Gasteiger partial charge in [0.05, 0.1) is 7.11 Å². The van der Waals surface area contributed by atoms with Gasteiger partial charge in [-0.3, -0.25) is 9.59 Å². The first-order valence-corrected chi connectivity index (χ1v) is 14.4. The van der Waals surface area contributed by atoms with E-state index in [1.807, 2.05) is 36.4 Å². The largest absolute Gasteiger partial charge is 0.493 e. The Balaban J connectivity index is 1.74. The van der Waals surface area contributed by atoms with Crippen LogP contribution in [0.5, 0.6) is 17.2 Å². The van der Waals surface area contributed by atoms with E-state index in [1.54, 1.807) is 49.4 Å². The lowest BCUT2D eigenvalue weighted by atomic mass is 9.85. The summed E-state index contributed by atoms with van der Waals surface area (Å²) in [6, 6.07) is 22.4. The van der Waals surface area contributed by atoms with Crippen LogP contribution in [0.2, 0.25) is 0 Å². The molecule has 1 aliphatic heterocycles. The van der Waals surface area contributed by atoms with Crippen molar-refractivity contribution in [3.8, 4) is 17.2 Å². The Labute approximate surface area is 268 Å². The molecule has 4 rings (SSSR count). The normalized spacial score (nSPS) is 18.0. The van der Waals surface area contributed by atoms with E-state index < -0.39 is 66.3 Å². The highest BCUT2D eigenvalue weighted by atomic mass is 16.8. The molecule has 0 spiro atoms. The van der Waals surface area contributed by atoms with Gasteiger partial charge in [-0.05, 0) is 55.2 Å². The third kappa shape index (κ3) is 7.68. The van der Waals surface area contributed by atoms with Crippen molar-refractivity contribution in [1.82, 2.24) is 4.90 Å². The van der Waals surface area contributed by atoms with Crippen LogP contribution in [-0.4, -0.2) is 92.8 Å². The molecule has 0 saturated carbocycles. The molecule has 0 bridgehead atoms. The molecule has 4 atom stereocenters. The smallest absolute Gasteiger partial charge is 0.377 e. The lowest BCUT2D eigenvalue weighted by Crippen LogP contribution is -2.53. The van der Waals surface area contributed by atoms with Gasteiger partial charge in [0.2, 0.25) is 0 Å². The fraction of sp³-hybridized carbons (Fsp3) is 0.303. The molecule has 0 aliphatic carbocycles. The van der Waals surface area contributed by atoms with Gasteiger partial charge >= 0.3 is 29.7 Å². The standard InChI is InChI=1S/C33H33NO13/c1-19(34(18-26(35)36)29(37)27-28(30(38)39)47-33(46-27,31(40)41)32(42)43)23(15-13-20-9-5-3-6-10-20)21-14-16-24(25(17-21)44-2)45-22-11-7-4-8-12-22/h3-12,14,16-17,19,23,27-28H,13,15,18H2,1-2H3,(H,35,36)(H,38,39)(H,40,41)(H,42,43). The number of hydrogen-bond acceptors (Lipinski definition) is 9. The fourth-order valence-corrected chi connectivity index (χ4v) is 5.38. The van der Waals surface area contributed by atoms with Crippen molar-refractivity contribution in [2.45, 2.75) is 49.7 Å². The van der Waals surface area contributed by atoms with Crippen LogP contribution in [0, 0.1) is 0 Å². The number of ether oxygens (including phenoxy) is 4. The number of carbonyl (C=O) groups excluding carboxylic acids is 1. The lowest BCUT2D eigenvalue weighted by Gasteiger charge is -2.36. The Bertz CT molecular complexity index is 1600. The maximum absolute atomic E-state index is 13.9. The summed E-state index contributed by atoms with van der Waals surface area (Å²) < 4.78 is 21.4. The summed E-state index contributed by atoms with van der Waals surface area (Å²) in [5, 5.41) is 38.6. The molecule has 4 N–H and O–H groups in total. The van der Waals surface area contributed by atoms with Crippen molar-refractivity contribution < 1.29 is 63.3 Å². The molecule has 14 nitrogen and oxygen atoms in total. The summed E-state index contributed by atoms with van der Waals surface area (Å²) in [6.45, 7) is 0.595. The topological polar surface area (TPSA) is 206 Å². The molecule has 248 valence electrons. The number of aliphatic carboxylic acids is 4. The van der Waals surface area contributed by atoms with E-state index in [0.717, 1.165) is 10.5 Å². The number of aryl methyl sites for hydroxylation is 1. The highest BCUT2D eigenvalue weighted by Crippen LogP contribution is 2.38. The van der Waals surface area contributed by atoms with Crippen LogP contribution in [-0.2, 0) is 39.9 Å². The van der Waals surface area contributed by atoms with Crippen molar-refractivity contribution >= 4 is 29.8 Å². The van der Waals surface area contributed by atoms with Gasteiger partial charge in [-0.2, -0.15) is 0 Å². The molecule has 1 amide bonds. The van der Waals surface area contributed by atoms with Gasteiger partial charge in [0.1, 0.15) is 12.3 Å². The van der Waals surface area contributed by atoms with Gasteiger partial charge in [0, 0.05) is 12.0 Å². The zero-order valence-corrected chi connectivity index (χ0v) is 25.3. The van der Waals surface area contributed by atoms with Gasteiger partial charge in [-0.15, -0.1) is 0 Å². The average Bonchev–Trinajstić information content (AvgIpc) is 3.48. The van der Waals surface area contributed by atoms with Gasteiger partial charge in [-0.25, -0.2) is 14.4 Å². The van der Waals surface area contributed by atoms with E-state index >= 15 is 0 Å². The average molecular weight is 652 g/mol. The van der Waals surface area contributed by atoms with Crippen LogP contribution in [0.3, 0.4) is 0 Å². The number of methoxy groups -OCH3 is 1. The molecule has 3 aromatic rings. The van der Waals surface area contributed by atoms with Crippen LogP contribution in [0.1, 0.15) is 30.4 Å². The Morgan fingerprint density at radius 1 is 0.830 bits per heavy atom. The van der Waals surface area contributed by atoms with E-state index in [0.29, 0.717) is 35.7 Å². The summed E-state index contributed by atoms with van der Waals surface area (Å²) in [7, 11) is 1.44. The zero-order chi connectivity index (χ0) is 34.3. The highest BCUT2D eigenvalue weighted by molar-refractivity contribution is 6.02. The van der Waals surface area contributed by atoms with Crippen LogP contribution in [0.4, 0.5) is 0 Å². The van der Waals surface area contributed by atoms with Crippen LogP contribution in [0.15, 0.2) is 78.9 Å². The number of carboxylic acid groups (broad SMARTS) is 4. The Morgan fingerprint density at radius 3 is 1.98 bits per heavy atom. The molecule has 1 heterocycles. The molecule has 1 saturated heterocycles. The number of carboxylic acids is 4. The first-order valence-electron chi connectivity index (χ1n) is 14.4. The molecule has 1 aliphatic rings. The summed E-state index contributed by atoms with van der Waals surface area (Å²) in [4.78, 5) is 62.5. The predicted octanol–water partition coefficient (Wildman–Crippen LogP) is 3.24. The van der Waals surface area contributed by atoms with Gasteiger partial charge in [-0.1, -0.05) is 54.6 Å². The second kappa shape index (κ2) is 14.7. The Kier molecular flexibility index (Phi) is 10.8. The molecule has 47 heavy (non-hydrogen) atoms. The molecular weight excluding hydrogens is 618 g/mol. The monoisotopic (exact) mass is 651 g/mol. The predicted molar refractivity (Wildman–Crippen MR) is 161 cm³/mol. The summed E-state index contributed by atoms with van der Waals surface area (Å²) >= 11 is 0. The third-order valence-corrected chi connectivity index (χ3v) is 7.75. The van der Waals surface area contributed by atoms with Crippen LogP contribution >= 0.6 is 0 Å². The Hall–Kier alpha value is -5.47. The fourth-order valence-electron chi connectivity index (χ4n) is 5.38. The van der Waals surface area contributed by atoms with Crippen LogP contribution in [0.25, 0.3) is 0 Å². The minimum Gasteiger partial charge on any atom is -0.493 e. The third-order valence-electron chi connectivity index (χ3n) is 7.75. The highest BCUT2D eigenvalue weighted by Gasteiger charge is 2.64. The van der Waals surface area contributed by atoms with Crippen LogP contribution < -0.4 is 9.47 Å². The number of nitrogens with zero attached hydrogens (tertiary/aromatic N) is 1. The number of benzene rings is 3. The molecule has 3 aromatic carbocycles. The van der Waals surface area contributed by atoms with E-state index in [2.05, 4.69) is 0 Å². The summed E-state index contributed by atoms with van der Waals surface area (Å²) in [5.74, 6) is -11.9. The minimum absolute atomic E-state index is 0.338. The van der Waals surface area contributed by atoms with Crippen molar-refractivity contribution in [1.29, 1.82) is 0 Å². The van der Waals surface area contributed by atoms with Crippen molar-refractivity contribution in [2.24, 2.45) is 0 Å². The maximum Gasteiger partial charge on any atom is 0.377 e. The number of para-hydroxylation sites is 1. The Morgan fingerprint density at radius 2 is 1.43 bits per heavy atom. The van der Waals surface area contributed by atoms with E-state index in [4.69, 9.17) is 18.9 Å². The second-order valence-corrected chi connectivity index (χ2v) is 10.7. The van der Waals surface area contributed by atoms with E-state index in [9.17, 15) is 44.4 Å². The first kappa shape index (κ1) is 34.4. The van der Waals surface area contributed by atoms with Gasteiger partial charge < -0.3 is 44.3 Å². The van der Waals surface area contributed by atoms with Crippen molar-refractivity contribution in [2.75, 3.05) is 13.7 Å². The number of hydrogen-bond donors (Lipinski definition) is 4. The van der Waals surface area contributed by atoms with Crippen molar-refractivity contribution in [3.05, 3.63) is 90.0 Å². The number of rotatable bonds is 15. The minimum atomic E-state index is -3.50. The maximum atomic E-state index is 13.9. The molecule has 1 fully saturated rings. The molecule has 4 unspecified atom stereocenters. The zero-order valence-electron chi connectivity index (χ0n) is 25.3. The summed E-state index contributed by atoms with van der Waals surface area (Å²) in [6.07, 6.45) is -3.82. The second-order valence-electron chi connectivity index (χ2n) is 10.7. The summed E-state index contributed by atoms with van der Waals surface area (Å²) in [5.41, 5.74) is 1.56. The quantitative estimate of drug-likeness (QED) is 0.174. The molecule has 0 radical (unpaired) electrons. The van der Waals surface area contributed by atoms with E-state index in [-0.39, 0.29) is 0 Å². The van der Waals surface area contributed by atoms with E-state index in [1.165, 1.54) is 7.11 Å². The van der Waals surface area contributed by atoms with Crippen molar-refractivity contribution in [3.63, 3.8) is 0 Å². The molecule has 14 heteroatoms.